The fraction of sp³-hybridized carbons (Fsp3) is 0.824. The molecular weight excluding hydrogens is 396 g/mol. The summed E-state index contributed by atoms with van der Waals surface area (Å²) >= 11 is 0. The zero-order valence-corrected chi connectivity index (χ0v) is 15.2. The average molecular weight is 418 g/mol. The lowest BCUT2D eigenvalue weighted by Gasteiger charge is -2.43. The van der Waals surface area contributed by atoms with Crippen LogP contribution in [0.4, 0.5) is 0 Å². The molecule has 162 valence electrons. The molecule has 0 aromatic heterocycles. The smallest absolute Gasteiger partial charge is 0.337 e. The molecule has 3 unspecified atom stereocenters. The molecule has 1 saturated carbocycles. The molecule has 0 aromatic carbocycles. The normalized spacial score (nSPS) is 54.8. The van der Waals surface area contributed by atoms with E-state index in [4.69, 9.17) is 28.4 Å². The molecule has 1 aliphatic carbocycles. The number of aliphatic hydroxyl groups excluding tert-OH is 5. The predicted octanol–water partition coefficient (Wildman–Crippen LogP) is -3.68. The standard InChI is InChI=1S/C17H22O12/c1-24-13(22)4-3-25-14(7-6(4)11-12(27-11)17(7)16(23)29-17)28-15-10(21)9(20)8(19)5(2-18)26-15/h3,5-12,14-16,18-21,23H,2H2,1H3/t5-,6?,7?,8-,9+,10-,11+,12+,14?,15+,16-,17-/m1/s1. The highest BCUT2D eigenvalue weighted by atomic mass is 16.8. The Bertz CT molecular complexity index is 725. The van der Waals surface area contributed by atoms with Crippen molar-refractivity contribution in [3.8, 4) is 0 Å². The van der Waals surface area contributed by atoms with Crippen molar-refractivity contribution in [3.05, 3.63) is 11.8 Å². The van der Waals surface area contributed by atoms with E-state index < -0.39 is 85.5 Å². The van der Waals surface area contributed by atoms with Crippen LogP contribution in [0, 0.1) is 11.8 Å². The van der Waals surface area contributed by atoms with Gasteiger partial charge in [0.05, 0.1) is 37.6 Å². The summed E-state index contributed by atoms with van der Waals surface area (Å²) in [5.41, 5.74) is -0.931. The fourth-order valence-electron chi connectivity index (χ4n) is 4.83. The summed E-state index contributed by atoms with van der Waals surface area (Å²) < 4.78 is 32.5. The van der Waals surface area contributed by atoms with Gasteiger partial charge >= 0.3 is 5.97 Å². The number of carbonyl (C=O) groups is 1. The predicted molar refractivity (Wildman–Crippen MR) is 85.3 cm³/mol. The largest absolute Gasteiger partial charge is 0.471 e. The number of ether oxygens (including phenoxy) is 6. The van der Waals surface area contributed by atoms with Gasteiger partial charge in [-0.15, -0.1) is 0 Å². The van der Waals surface area contributed by atoms with E-state index in [2.05, 4.69) is 0 Å². The Labute approximate surface area is 164 Å². The van der Waals surface area contributed by atoms with E-state index in [0.29, 0.717) is 0 Å². The molecule has 0 radical (unpaired) electrons. The second kappa shape index (κ2) is 6.57. The van der Waals surface area contributed by atoms with Gasteiger partial charge < -0.3 is 54.0 Å². The van der Waals surface area contributed by atoms with E-state index in [1.165, 1.54) is 13.4 Å². The molecule has 29 heavy (non-hydrogen) atoms. The van der Waals surface area contributed by atoms with E-state index in [9.17, 15) is 30.3 Å². The van der Waals surface area contributed by atoms with Gasteiger partial charge in [0.2, 0.25) is 6.29 Å². The minimum absolute atomic E-state index is 0.207. The second-order valence-corrected chi connectivity index (χ2v) is 7.80. The molecule has 0 bridgehead atoms. The summed E-state index contributed by atoms with van der Waals surface area (Å²) in [5.74, 6) is -1.85. The first kappa shape index (κ1) is 19.6. The third-order valence-electron chi connectivity index (χ3n) is 6.40. The lowest BCUT2D eigenvalue weighted by Crippen LogP contribution is -2.60. The van der Waals surface area contributed by atoms with Crippen molar-refractivity contribution < 1.29 is 58.7 Å². The lowest BCUT2D eigenvalue weighted by molar-refractivity contribution is -0.344. The Balaban J connectivity index is 1.42. The maximum absolute atomic E-state index is 12.2. The zero-order valence-electron chi connectivity index (χ0n) is 15.2. The molecule has 12 heteroatoms. The number of fused-ring (bicyclic) bond motifs is 5. The van der Waals surface area contributed by atoms with Crippen LogP contribution in [0.3, 0.4) is 0 Å². The Morgan fingerprint density at radius 2 is 1.86 bits per heavy atom. The molecule has 5 rings (SSSR count). The van der Waals surface area contributed by atoms with Crippen LogP contribution in [0.5, 0.6) is 0 Å². The summed E-state index contributed by atoms with van der Waals surface area (Å²) in [4.78, 5) is 12.2. The molecule has 12 atom stereocenters. The van der Waals surface area contributed by atoms with Crippen molar-refractivity contribution in [1.29, 1.82) is 0 Å². The van der Waals surface area contributed by atoms with Gasteiger partial charge in [-0.1, -0.05) is 0 Å². The highest BCUT2D eigenvalue weighted by Crippen LogP contribution is 2.67. The number of carbonyl (C=O) groups excluding carboxylic acids is 1. The van der Waals surface area contributed by atoms with Crippen molar-refractivity contribution in [3.63, 3.8) is 0 Å². The third kappa shape index (κ3) is 2.62. The van der Waals surface area contributed by atoms with Gasteiger partial charge in [-0.05, 0) is 0 Å². The maximum Gasteiger partial charge on any atom is 0.337 e. The summed E-state index contributed by atoms with van der Waals surface area (Å²) in [6.07, 6.45) is -9.35. The molecule has 1 spiro atoms. The first-order valence-electron chi connectivity index (χ1n) is 9.26. The van der Waals surface area contributed by atoms with Gasteiger partial charge in [0.15, 0.2) is 18.2 Å². The molecule has 4 fully saturated rings. The van der Waals surface area contributed by atoms with E-state index in [0.717, 1.165) is 0 Å². The van der Waals surface area contributed by atoms with Crippen LogP contribution in [-0.2, 0) is 33.2 Å². The van der Waals surface area contributed by atoms with Crippen LogP contribution in [0.25, 0.3) is 0 Å². The van der Waals surface area contributed by atoms with Crippen LogP contribution in [-0.4, -0.2) is 106 Å². The van der Waals surface area contributed by atoms with Gasteiger partial charge in [-0.2, -0.15) is 0 Å². The lowest BCUT2D eigenvalue weighted by atomic mass is 9.81. The molecule has 4 heterocycles. The molecule has 5 aliphatic rings. The Hall–Kier alpha value is -1.35. The highest BCUT2D eigenvalue weighted by molar-refractivity contribution is 5.89. The maximum atomic E-state index is 12.2. The summed E-state index contributed by atoms with van der Waals surface area (Å²) in [5, 5.41) is 49.6. The Morgan fingerprint density at radius 3 is 2.48 bits per heavy atom. The highest BCUT2D eigenvalue weighted by Gasteiger charge is 2.85. The Morgan fingerprint density at radius 1 is 1.14 bits per heavy atom. The topological polar surface area (TPSA) is 180 Å². The SMILES string of the molecule is COC(=O)C1=COC(O[C@@H]2O[C@H](CO)[C@@H](O)[C@H](O)[C@H]2O)C2C1[C@@H]1O[C@@H]1[C@]21O[C@H]1O. The number of aliphatic hydroxyl groups is 5. The van der Waals surface area contributed by atoms with Crippen LogP contribution < -0.4 is 0 Å². The number of epoxide rings is 2. The molecule has 5 N–H and O–H groups in total. The minimum Gasteiger partial charge on any atom is -0.471 e. The summed E-state index contributed by atoms with van der Waals surface area (Å²) in [7, 11) is 1.23. The second-order valence-electron chi connectivity index (χ2n) is 7.80. The summed E-state index contributed by atoms with van der Waals surface area (Å²) in [6.45, 7) is -0.613. The molecule has 12 nitrogen and oxygen atoms in total. The Kier molecular flexibility index (Phi) is 4.44. The van der Waals surface area contributed by atoms with Crippen LogP contribution in [0.2, 0.25) is 0 Å². The summed E-state index contributed by atoms with van der Waals surface area (Å²) in [6, 6.07) is 0. The van der Waals surface area contributed by atoms with Crippen LogP contribution in [0.1, 0.15) is 0 Å². The number of hydrogen-bond donors (Lipinski definition) is 5. The fourth-order valence-corrected chi connectivity index (χ4v) is 4.83. The van der Waals surface area contributed by atoms with Gasteiger partial charge in [0.1, 0.15) is 30.5 Å². The first-order chi connectivity index (χ1) is 13.8. The zero-order chi connectivity index (χ0) is 20.7. The van der Waals surface area contributed by atoms with E-state index in [-0.39, 0.29) is 5.57 Å². The minimum atomic E-state index is -1.63. The van der Waals surface area contributed by atoms with Gasteiger partial charge in [0.25, 0.3) is 0 Å². The van der Waals surface area contributed by atoms with Crippen LogP contribution >= 0.6 is 0 Å². The first-order valence-corrected chi connectivity index (χ1v) is 9.26. The monoisotopic (exact) mass is 418 g/mol. The molecule has 4 aliphatic heterocycles. The van der Waals surface area contributed by atoms with Crippen molar-refractivity contribution in [2.75, 3.05) is 13.7 Å². The molecule has 0 amide bonds. The molecule has 0 aromatic rings. The van der Waals surface area contributed by atoms with Crippen molar-refractivity contribution in [2.45, 2.75) is 61.1 Å². The van der Waals surface area contributed by atoms with Gasteiger partial charge in [-0.25, -0.2) is 4.79 Å². The van der Waals surface area contributed by atoms with E-state index in [1.807, 2.05) is 0 Å². The number of rotatable bonds is 4. The molecular formula is C17H22O12. The average Bonchev–Trinajstić information content (AvgIpc) is 3.61. The number of methoxy groups -OCH3 is 1. The van der Waals surface area contributed by atoms with E-state index in [1.54, 1.807) is 0 Å². The third-order valence-corrected chi connectivity index (χ3v) is 6.40. The van der Waals surface area contributed by atoms with Crippen molar-refractivity contribution >= 4 is 5.97 Å². The van der Waals surface area contributed by atoms with Gasteiger partial charge in [0, 0.05) is 5.92 Å². The van der Waals surface area contributed by atoms with Crippen molar-refractivity contribution in [1.82, 2.24) is 0 Å². The number of hydrogen-bond acceptors (Lipinski definition) is 12. The number of esters is 1. The molecule has 3 saturated heterocycles. The van der Waals surface area contributed by atoms with Crippen molar-refractivity contribution in [2.24, 2.45) is 11.8 Å². The quantitative estimate of drug-likeness (QED) is 0.223. The van der Waals surface area contributed by atoms with Crippen LogP contribution in [0.15, 0.2) is 11.8 Å². The van der Waals surface area contributed by atoms with E-state index >= 15 is 0 Å². The van der Waals surface area contributed by atoms with Gasteiger partial charge in [-0.3, -0.25) is 0 Å².